The van der Waals surface area contributed by atoms with Gasteiger partial charge in [-0.25, -0.2) is 4.98 Å². The second kappa shape index (κ2) is 5.14. The number of halogens is 1. The molecule has 1 aromatic heterocycles. The highest BCUT2D eigenvalue weighted by Gasteiger charge is 2.25. The number of nitrogens with one attached hydrogen (secondary N) is 3. The summed E-state index contributed by atoms with van der Waals surface area (Å²) in [4.78, 5) is 19.5. The standard InChI is InChI=1S/C13H13BrN4O/c14-8-3-1-2-4-9(8)18-13(19)11-5-10-12(6-15-11)17-7-16-10/h1-4,7,11,15H,5-6H2,(H,16,17)(H,18,19). The van der Waals surface area contributed by atoms with Gasteiger partial charge in [-0.15, -0.1) is 0 Å². The zero-order valence-electron chi connectivity index (χ0n) is 10.1. The van der Waals surface area contributed by atoms with Crippen LogP contribution in [0.5, 0.6) is 0 Å². The lowest BCUT2D eigenvalue weighted by Gasteiger charge is -2.22. The molecule has 1 atom stereocenters. The van der Waals surface area contributed by atoms with Crippen molar-refractivity contribution in [3.8, 4) is 0 Å². The lowest BCUT2D eigenvalue weighted by atomic mass is 10.0. The molecule has 1 amide bonds. The molecule has 1 aromatic carbocycles. The second-order valence-corrected chi connectivity index (χ2v) is 5.29. The maximum Gasteiger partial charge on any atom is 0.241 e. The van der Waals surface area contributed by atoms with Gasteiger partial charge in [0.15, 0.2) is 0 Å². The number of fused-ring (bicyclic) bond motifs is 1. The van der Waals surface area contributed by atoms with Gasteiger partial charge in [-0.1, -0.05) is 12.1 Å². The van der Waals surface area contributed by atoms with Crippen LogP contribution in [0.3, 0.4) is 0 Å². The highest BCUT2D eigenvalue weighted by molar-refractivity contribution is 9.10. The summed E-state index contributed by atoms with van der Waals surface area (Å²) in [6.07, 6.45) is 2.27. The van der Waals surface area contributed by atoms with E-state index >= 15 is 0 Å². The van der Waals surface area contributed by atoms with E-state index in [1.54, 1.807) is 6.33 Å². The van der Waals surface area contributed by atoms with Gasteiger partial charge in [-0.05, 0) is 28.1 Å². The van der Waals surface area contributed by atoms with Gasteiger partial charge in [0.2, 0.25) is 5.91 Å². The summed E-state index contributed by atoms with van der Waals surface area (Å²) in [6, 6.07) is 7.32. The van der Waals surface area contributed by atoms with Crippen LogP contribution in [0, 0.1) is 0 Å². The van der Waals surface area contributed by atoms with Crippen molar-refractivity contribution in [3.63, 3.8) is 0 Å². The minimum absolute atomic E-state index is 0.0412. The average Bonchev–Trinajstić information content (AvgIpc) is 2.88. The number of carbonyl (C=O) groups excluding carboxylic acids is 1. The maximum atomic E-state index is 12.2. The monoisotopic (exact) mass is 320 g/mol. The lowest BCUT2D eigenvalue weighted by molar-refractivity contribution is -0.118. The smallest absolute Gasteiger partial charge is 0.241 e. The van der Waals surface area contributed by atoms with Gasteiger partial charge in [0.1, 0.15) is 0 Å². The maximum absolute atomic E-state index is 12.2. The number of H-pyrrole nitrogens is 1. The van der Waals surface area contributed by atoms with Crippen LogP contribution >= 0.6 is 15.9 Å². The summed E-state index contributed by atoms with van der Waals surface area (Å²) in [5.74, 6) is -0.0412. The third-order valence-corrected chi connectivity index (χ3v) is 3.87. The fourth-order valence-corrected chi connectivity index (χ4v) is 2.52. The van der Waals surface area contributed by atoms with E-state index in [0.29, 0.717) is 13.0 Å². The third-order valence-electron chi connectivity index (χ3n) is 3.18. The van der Waals surface area contributed by atoms with Crippen molar-refractivity contribution in [2.45, 2.75) is 19.0 Å². The summed E-state index contributed by atoms with van der Waals surface area (Å²) in [5, 5.41) is 6.12. The van der Waals surface area contributed by atoms with Gasteiger partial charge in [-0.3, -0.25) is 10.1 Å². The molecular formula is C13H13BrN4O. The van der Waals surface area contributed by atoms with Crippen molar-refractivity contribution in [2.24, 2.45) is 0 Å². The molecule has 0 fully saturated rings. The number of hydrogen-bond acceptors (Lipinski definition) is 3. The molecule has 0 aliphatic carbocycles. The Bertz CT molecular complexity index is 610. The number of carbonyl (C=O) groups is 1. The fraction of sp³-hybridized carbons (Fsp3) is 0.231. The van der Waals surface area contributed by atoms with Crippen LogP contribution < -0.4 is 10.6 Å². The minimum Gasteiger partial charge on any atom is -0.347 e. The first-order chi connectivity index (χ1) is 9.24. The molecule has 2 aromatic rings. The first-order valence-corrected chi connectivity index (χ1v) is 6.83. The Labute approximate surface area is 119 Å². The summed E-state index contributed by atoms with van der Waals surface area (Å²) >= 11 is 3.42. The van der Waals surface area contributed by atoms with E-state index < -0.39 is 0 Å². The molecule has 5 nitrogen and oxygen atoms in total. The molecule has 1 aliphatic rings. The summed E-state index contributed by atoms with van der Waals surface area (Å²) in [6.45, 7) is 0.642. The van der Waals surface area contributed by atoms with Crippen molar-refractivity contribution in [1.29, 1.82) is 0 Å². The molecule has 3 rings (SSSR count). The Kier molecular flexibility index (Phi) is 3.35. The summed E-state index contributed by atoms with van der Waals surface area (Å²) < 4.78 is 0.875. The van der Waals surface area contributed by atoms with Crippen LogP contribution in [0.2, 0.25) is 0 Å². The Morgan fingerprint density at radius 2 is 2.26 bits per heavy atom. The van der Waals surface area contributed by atoms with Gasteiger partial charge in [0.05, 0.1) is 29.4 Å². The molecule has 98 valence electrons. The summed E-state index contributed by atoms with van der Waals surface area (Å²) in [7, 11) is 0. The Balaban J connectivity index is 1.71. The predicted octanol–water partition coefficient (Wildman–Crippen LogP) is 1.83. The number of benzene rings is 1. The highest BCUT2D eigenvalue weighted by Crippen LogP contribution is 2.22. The van der Waals surface area contributed by atoms with E-state index in [9.17, 15) is 4.79 Å². The largest absolute Gasteiger partial charge is 0.347 e. The molecule has 0 bridgehead atoms. The average molecular weight is 321 g/mol. The van der Waals surface area contributed by atoms with Gasteiger partial charge < -0.3 is 10.3 Å². The molecule has 0 saturated carbocycles. The molecule has 19 heavy (non-hydrogen) atoms. The second-order valence-electron chi connectivity index (χ2n) is 4.43. The number of amides is 1. The van der Waals surface area contributed by atoms with Crippen LogP contribution in [0.1, 0.15) is 11.4 Å². The van der Waals surface area contributed by atoms with E-state index in [4.69, 9.17) is 0 Å². The minimum atomic E-state index is -0.247. The molecule has 0 spiro atoms. The van der Waals surface area contributed by atoms with Gasteiger partial charge in [-0.2, -0.15) is 0 Å². The van der Waals surface area contributed by atoms with Crippen molar-refractivity contribution in [2.75, 3.05) is 5.32 Å². The van der Waals surface area contributed by atoms with Crippen LogP contribution in [0.25, 0.3) is 0 Å². The molecule has 3 N–H and O–H groups in total. The molecule has 1 unspecified atom stereocenters. The van der Waals surface area contributed by atoms with E-state index in [-0.39, 0.29) is 11.9 Å². The highest BCUT2D eigenvalue weighted by atomic mass is 79.9. The molecule has 1 aliphatic heterocycles. The topological polar surface area (TPSA) is 69.8 Å². The van der Waals surface area contributed by atoms with Crippen LogP contribution in [0.4, 0.5) is 5.69 Å². The molecule has 6 heteroatoms. The number of rotatable bonds is 2. The SMILES string of the molecule is O=C(Nc1ccccc1Br)C1Cc2nc[nH]c2CN1. The van der Waals surface area contributed by atoms with E-state index in [1.165, 1.54) is 0 Å². The number of imidazole rings is 1. The normalized spacial score (nSPS) is 17.8. The fourth-order valence-electron chi connectivity index (χ4n) is 2.14. The van der Waals surface area contributed by atoms with E-state index in [2.05, 4.69) is 36.5 Å². The van der Waals surface area contributed by atoms with Crippen molar-refractivity contribution >= 4 is 27.5 Å². The third kappa shape index (κ3) is 2.54. The zero-order valence-corrected chi connectivity index (χ0v) is 11.7. The van der Waals surface area contributed by atoms with Crippen LogP contribution in [0.15, 0.2) is 35.1 Å². The van der Waals surface area contributed by atoms with Gasteiger partial charge in [0, 0.05) is 17.4 Å². The first kappa shape index (κ1) is 12.4. The number of aromatic amines is 1. The van der Waals surface area contributed by atoms with Gasteiger partial charge >= 0.3 is 0 Å². The van der Waals surface area contributed by atoms with E-state index in [0.717, 1.165) is 21.5 Å². The quantitative estimate of drug-likeness (QED) is 0.790. The Morgan fingerprint density at radius 3 is 3.11 bits per heavy atom. The summed E-state index contributed by atoms with van der Waals surface area (Å²) in [5.41, 5.74) is 2.80. The van der Waals surface area contributed by atoms with E-state index in [1.807, 2.05) is 24.3 Å². The van der Waals surface area contributed by atoms with Crippen molar-refractivity contribution in [1.82, 2.24) is 15.3 Å². The number of hydrogen-bond donors (Lipinski definition) is 3. The van der Waals surface area contributed by atoms with Crippen LogP contribution in [-0.4, -0.2) is 21.9 Å². The number of nitrogens with zero attached hydrogens (tertiary/aromatic N) is 1. The predicted molar refractivity (Wildman–Crippen MR) is 75.7 cm³/mol. The first-order valence-electron chi connectivity index (χ1n) is 6.04. The Morgan fingerprint density at radius 1 is 1.42 bits per heavy atom. The number of anilines is 1. The molecule has 0 saturated heterocycles. The Hall–Kier alpha value is -1.66. The number of aromatic nitrogens is 2. The lowest BCUT2D eigenvalue weighted by Crippen LogP contribution is -2.44. The van der Waals surface area contributed by atoms with Crippen LogP contribution in [-0.2, 0) is 17.8 Å². The zero-order chi connectivity index (χ0) is 13.2. The molecular weight excluding hydrogens is 308 g/mol. The molecule has 0 radical (unpaired) electrons. The van der Waals surface area contributed by atoms with Gasteiger partial charge in [0.25, 0.3) is 0 Å². The van der Waals surface area contributed by atoms with Crippen molar-refractivity contribution in [3.05, 3.63) is 46.5 Å². The number of para-hydroxylation sites is 1. The van der Waals surface area contributed by atoms with Crippen molar-refractivity contribution < 1.29 is 4.79 Å². The molecule has 2 heterocycles.